The molecule has 2 fully saturated rings. The summed E-state index contributed by atoms with van der Waals surface area (Å²) >= 11 is 12.1. The zero-order valence-electron chi connectivity index (χ0n) is 18.8. The van der Waals surface area contributed by atoms with Gasteiger partial charge in [-0.05, 0) is 44.4 Å². The van der Waals surface area contributed by atoms with Crippen LogP contribution in [0, 0.1) is 5.92 Å². The zero-order valence-corrected chi connectivity index (χ0v) is 20.3. The molecule has 0 spiro atoms. The molecule has 0 amide bonds. The van der Waals surface area contributed by atoms with E-state index in [0.29, 0.717) is 28.7 Å². The van der Waals surface area contributed by atoms with Gasteiger partial charge in [0.1, 0.15) is 30.1 Å². The number of halogens is 2. The van der Waals surface area contributed by atoms with Crippen LogP contribution in [0.5, 0.6) is 0 Å². The molecule has 2 aliphatic rings. The van der Waals surface area contributed by atoms with Crippen molar-refractivity contribution >= 4 is 23.2 Å². The largest absolute Gasteiger partial charge is 0.386 e. The molecule has 3 unspecified atom stereocenters. The first-order valence-corrected chi connectivity index (χ1v) is 11.9. The second-order valence-corrected chi connectivity index (χ2v) is 9.74. The van der Waals surface area contributed by atoms with Crippen LogP contribution in [-0.4, -0.2) is 69.6 Å². The number of aliphatic hydroxyl groups excluding tert-OH is 2. The van der Waals surface area contributed by atoms with Crippen molar-refractivity contribution in [1.82, 2.24) is 10.2 Å². The van der Waals surface area contributed by atoms with Crippen LogP contribution < -0.4 is 11.1 Å². The van der Waals surface area contributed by atoms with E-state index in [1.807, 2.05) is 24.0 Å². The summed E-state index contributed by atoms with van der Waals surface area (Å²) in [4.78, 5) is 2.02. The lowest BCUT2D eigenvalue weighted by Gasteiger charge is -2.36. The first-order chi connectivity index (χ1) is 15.1. The summed E-state index contributed by atoms with van der Waals surface area (Å²) in [5, 5.41) is 37.4. The van der Waals surface area contributed by atoms with E-state index in [1.165, 1.54) is 6.92 Å². The Bertz CT molecular complexity index is 809. The van der Waals surface area contributed by atoms with Gasteiger partial charge in [0, 0.05) is 25.0 Å². The van der Waals surface area contributed by atoms with Gasteiger partial charge in [-0.1, -0.05) is 48.3 Å². The van der Waals surface area contributed by atoms with E-state index in [0.717, 1.165) is 12.8 Å². The van der Waals surface area contributed by atoms with Crippen LogP contribution in [0.3, 0.4) is 0 Å². The molecule has 6 N–H and O–H groups in total. The second-order valence-electron chi connectivity index (χ2n) is 8.92. The van der Waals surface area contributed by atoms with Gasteiger partial charge >= 0.3 is 0 Å². The summed E-state index contributed by atoms with van der Waals surface area (Å²) in [7, 11) is 0. The summed E-state index contributed by atoms with van der Waals surface area (Å²) in [5.74, 6) is 0.171. The number of hydrogen-bond donors (Lipinski definition) is 5. The maximum atomic E-state index is 11.2. The van der Waals surface area contributed by atoms with Crippen molar-refractivity contribution in [3.05, 3.63) is 46.0 Å². The standard InChI is InChI=1S/C23H35Cl2N3O4/c1-4-6-10-27-21-14(17(26)5-2)9-11-28(21)22-19(30)23(3,31)20(32-22)18(29)13-7-8-15(24)16(25)12-13/h4,6-8,12,14,17-22,27,29-31H,5,9-11,26H2,1-3H3/b6-4-/t14?,17?,18-,19+,20-,21?,22-,23+/m1/s1. The Morgan fingerprint density at radius 1 is 1.38 bits per heavy atom. The molecule has 0 aliphatic carbocycles. The van der Waals surface area contributed by atoms with Crippen LogP contribution in [0.2, 0.25) is 10.0 Å². The number of benzene rings is 1. The van der Waals surface area contributed by atoms with Crippen molar-refractivity contribution in [3.63, 3.8) is 0 Å². The molecule has 0 aromatic heterocycles. The molecule has 32 heavy (non-hydrogen) atoms. The third-order valence-corrected chi connectivity index (χ3v) is 7.55. The highest BCUT2D eigenvalue weighted by molar-refractivity contribution is 6.42. The van der Waals surface area contributed by atoms with Gasteiger partial charge in [0.05, 0.1) is 16.2 Å². The van der Waals surface area contributed by atoms with Gasteiger partial charge in [-0.15, -0.1) is 0 Å². The molecule has 1 aromatic carbocycles. The molecule has 2 heterocycles. The number of rotatable bonds is 8. The Morgan fingerprint density at radius 2 is 2.09 bits per heavy atom. The summed E-state index contributed by atoms with van der Waals surface area (Å²) in [5.41, 5.74) is 5.16. The highest BCUT2D eigenvalue weighted by Gasteiger charge is 2.58. The highest BCUT2D eigenvalue weighted by atomic mass is 35.5. The lowest BCUT2D eigenvalue weighted by Crippen LogP contribution is -2.56. The van der Waals surface area contributed by atoms with Gasteiger partial charge in [-0.25, -0.2) is 0 Å². The Labute approximate surface area is 200 Å². The fourth-order valence-corrected chi connectivity index (χ4v) is 5.10. The minimum absolute atomic E-state index is 0.000224. The monoisotopic (exact) mass is 487 g/mol. The minimum atomic E-state index is -1.69. The van der Waals surface area contributed by atoms with Crippen LogP contribution >= 0.6 is 23.2 Å². The molecule has 3 rings (SSSR count). The molecule has 0 radical (unpaired) electrons. The summed E-state index contributed by atoms with van der Waals surface area (Å²) in [6.07, 6.45) is 1.25. The van der Waals surface area contributed by atoms with Crippen molar-refractivity contribution in [2.24, 2.45) is 11.7 Å². The Morgan fingerprint density at radius 3 is 2.72 bits per heavy atom. The third kappa shape index (κ3) is 5.02. The molecule has 2 aliphatic heterocycles. The van der Waals surface area contributed by atoms with Crippen molar-refractivity contribution in [2.45, 2.75) is 76.0 Å². The molecule has 9 heteroatoms. The highest BCUT2D eigenvalue weighted by Crippen LogP contribution is 2.42. The number of aliphatic hydroxyl groups is 3. The number of nitrogens with two attached hydrogens (primary N) is 1. The van der Waals surface area contributed by atoms with E-state index in [4.69, 9.17) is 33.7 Å². The molecular formula is C23H35Cl2N3O4. The predicted octanol–water partition coefficient (Wildman–Crippen LogP) is 2.41. The smallest absolute Gasteiger partial charge is 0.141 e. The van der Waals surface area contributed by atoms with Gasteiger partial charge < -0.3 is 25.8 Å². The van der Waals surface area contributed by atoms with E-state index in [2.05, 4.69) is 12.2 Å². The topological polar surface area (TPSA) is 111 Å². The maximum Gasteiger partial charge on any atom is 0.141 e. The Hall–Kier alpha value is -0.740. The van der Waals surface area contributed by atoms with Crippen molar-refractivity contribution < 1.29 is 20.1 Å². The number of nitrogens with zero attached hydrogens (tertiary/aromatic N) is 1. The number of likely N-dealkylation sites (tertiary alicyclic amines) is 1. The van der Waals surface area contributed by atoms with Crippen molar-refractivity contribution in [2.75, 3.05) is 13.1 Å². The molecule has 0 bridgehead atoms. The number of allylic oxidation sites excluding steroid dienone is 1. The number of hydrogen-bond acceptors (Lipinski definition) is 7. The van der Waals surface area contributed by atoms with Crippen LogP contribution in [0.15, 0.2) is 30.4 Å². The fraction of sp³-hybridized carbons (Fsp3) is 0.652. The number of nitrogens with one attached hydrogen (secondary N) is 1. The molecule has 1 aromatic rings. The summed E-state index contributed by atoms with van der Waals surface area (Å²) < 4.78 is 6.16. The maximum absolute atomic E-state index is 11.2. The van der Waals surface area contributed by atoms with E-state index < -0.39 is 30.1 Å². The lowest BCUT2D eigenvalue weighted by atomic mass is 9.88. The lowest BCUT2D eigenvalue weighted by molar-refractivity contribution is -0.131. The predicted molar refractivity (Wildman–Crippen MR) is 126 cm³/mol. The Balaban J connectivity index is 1.84. The van der Waals surface area contributed by atoms with E-state index >= 15 is 0 Å². The first kappa shape index (κ1) is 25.9. The van der Waals surface area contributed by atoms with Crippen LogP contribution in [0.25, 0.3) is 0 Å². The molecular weight excluding hydrogens is 453 g/mol. The fourth-order valence-electron chi connectivity index (χ4n) is 4.80. The second kappa shape index (κ2) is 10.7. The summed E-state index contributed by atoms with van der Waals surface area (Å²) in [6, 6.07) is 4.76. The molecule has 0 saturated carbocycles. The zero-order chi connectivity index (χ0) is 23.6. The van der Waals surface area contributed by atoms with Crippen LogP contribution in [0.1, 0.15) is 45.3 Å². The van der Waals surface area contributed by atoms with Crippen molar-refractivity contribution in [1.29, 1.82) is 0 Å². The average molecular weight is 488 g/mol. The first-order valence-electron chi connectivity index (χ1n) is 11.2. The third-order valence-electron chi connectivity index (χ3n) is 6.82. The van der Waals surface area contributed by atoms with Gasteiger partial charge in [-0.2, -0.15) is 0 Å². The van der Waals surface area contributed by atoms with E-state index in [-0.39, 0.29) is 18.1 Å². The molecule has 7 nitrogen and oxygen atoms in total. The Kier molecular flexibility index (Phi) is 8.63. The van der Waals surface area contributed by atoms with E-state index in [9.17, 15) is 15.3 Å². The summed E-state index contributed by atoms with van der Waals surface area (Å²) in [6.45, 7) is 6.81. The minimum Gasteiger partial charge on any atom is -0.386 e. The molecule has 8 atom stereocenters. The normalized spacial score (nSPS) is 35.6. The average Bonchev–Trinajstić information content (AvgIpc) is 3.28. The van der Waals surface area contributed by atoms with Gasteiger partial charge in [0.25, 0.3) is 0 Å². The van der Waals surface area contributed by atoms with Crippen LogP contribution in [-0.2, 0) is 4.74 Å². The number of ether oxygens (including phenoxy) is 1. The molecule has 180 valence electrons. The SMILES string of the molecule is C/C=C\CNC1C(C(N)CC)CCN1[C@@H]1O[C@H]([C@H](O)c2ccc(Cl)c(Cl)c2)[C@@](C)(O)[C@H]1O. The van der Waals surface area contributed by atoms with Crippen molar-refractivity contribution in [3.8, 4) is 0 Å². The quantitative estimate of drug-likeness (QED) is 0.358. The van der Waals surface area contributed by atoms with Gasteiger partial charge in [-0.3, -0.25) is 10.2 Å². The van der Waals surface area contributed by atoms with E-state index in [1.54, 1.807) is 18.2 Å². The van der Waals surface area contributed by atoms with Crippen LogP contribution in [0.4, 0.5) is 0 Å². The van der Waals surface area contributed by atoms with Gasteiger partial charge in [0.2, 0.25) is 0 Å². The molecule has 2 saturated heterocycles. The van der Waals surface area contributed by atoms with Gasteiger partial charge in [0.15, 0.2) is 0 Å².